The van der Waals surface area contributed by atoms with Gasteiger partial charge in [-0.2, -0.15) is 0 Å². The molecule has 2 aliphatic rings. The number of allylic oxidation sites excluding steroid dienone is 8. The lowest BCUT2D eigenvalue weighted by Crippen LogP contribution is -1.95. The fourth-order valence-electron chi connectivity index (χ4n) is 2.63. The molecular formula is C20H16O. The molecule has 102 valence electrons. The van der Waals surface area contributed by atoms with E-state index in [1.54, 1.807) is 12.1 Å². The summed E-state index contributed by atoms with van der Waals surface area (Å²) in [6.07, 6.45) is 12.9. The Morgan fingerprint density at radius 2 is 1.57 bits per heavy atom. The van der Waals surface area contributed by atoms with Crippen LogP contribution in [-0.4, -0.2) is 5.11 Å². The molecule has 3 rings (SSSR count). The number of hydrogen-bond acceptors (Lipinski definition) is 1. The Kier molecular flexibility index (Phi) is 3.62. The van der Waals surface area contributed by atoms with Crippen LogP contribution in [-0.2, 0) is 0 Å². The number of phenols is 1. The molecule has 21 heavy (non-hydrogen) atoms. The van der Waals surface area contributed by atoms with Crippen molar-refractivity contribution in [1.82, 2.24) is 0 Å². The molecule has 0 amide bonds. The van der Waals surface area contributed by atoms with Crippen LogP contribution in [0.25, 0.3) is 5.57 Å². The summed E-state index contributed by atoms with van der Waals surface area (Å²) in [6.45, 7) is 2.15. The number of phenolic OH excluding ortho intramolecular Hbond substituents is 1. The van der Waals surface area contributed by atoms with Gasteiger partial charge in [0.25, 0.3) is 0 Å². The third kappa shape index (κ3) is 2.61. The van der Waals surface area contributed by atoms with Crippen molar-refractivity contribution in [3.63, 3.8) is 0 Å². The van der Waals surface area contributed by atoms with Crippen molar-refractivity contribution in [2.24, 2.45) is 0 Å². The molecule has 0 spiro atoms. The van der Waals surface area contributed by atoms with Crippen molar-refractivity contribution < 1.29 is 5.11 Å². The number of benzene rings is 1. The fourth-order valence-corrected chi connectivity index (χ4v) is 2.63. The molecule has 0 aromatic heterocycles. The zero-order valence-electron chi connectivity index (χ0n) is 11.9. The van der Waals surface area contributed by atoms with Crippen LogP contribution < -0.4 is 0 Å². The SMILES string of the molecule is CC/C(C1=C=CC=C1)=C(/C1=C=CC=C1)c1ccc(O)cc1. The van der Waals surface area contributed by atoms with Crippen LogP contribution in [0.4, 0.5) is 0 Å². The molecular weight excluding hydrogens is 256 g/mol. The lowest BCUT2D eigenvalue weighted by Gasteiger charge is -2.14. The van der Waals surface area contributed by atoms with Gasteiger partial charge in [-0.3, -0.25) is 0 Å². The Morgan fingerprint density at radius 1 is 0.952 bits per heavy atom. The van der Waals surface area contributed by atoms with Gasteiger partial charge in [0, 0.05) is 16.7 Å². The molecule has 0 bridgehead atoms. The molecule has 0 radical (unpaired) electrons. The fraction of sp³-hybridized carbons (Fsp3) is 0.100. The van der Waals surface area contributed by atoms with Gasteiger partial charge in [-0.25, -0.2) is 0 Å². The van der Waals surface area contributed by atoms with E-state index >= 15 is 0 Å². The van der Waals surface area contributed by atoms with Crippen molar-refractivity contribution in [2.75, 3.05) is 0 Å². The monoisotopic (exact) mass is 272 g/mol. The van der Waals surface area contributed by atoms with Crippen molar-refractivity contribution >= 4 is 5.57 Å². The molecule has 0 saturated carbocycles. The Hall–Kier alpha value is -2.72. The van der Waals surface area contributed by atoms with E-state index in [9.17, 15) is 5.11 Å². The second kappa shape index (κ2) is 5.73. The quantitative estimate of drug-likeness (QED) is 0.776. The first-order valence-corrected chi connectivity index (χ1v) is 7.09. The minimum atomic E-state index is 0.280. The highest BCUT2D eigenvalue weighted by Crippen LogP contribution is 2.35. The topological polar surface area (TPSA) is 20.2 Å². The predicted molar refractivity (Wildman–Crippen MR) is 86.8 cm³/mol. The van der Waals surface area contributed by atoms with Gasteiger partial charge in [0.05, 0.1) is 0 Å². The summed E-state index contributed by atoms with van der Waals surface area (Å²) in [5, 5.41) is 9.52. The lowest BCUT2D eigenvalue weighted by molar-refractivity contribution is 0.475. The zero-order chi connectivity index (χ0) is 14.7. The summed E-state index contributed by atoms with van der Waals surface area (Å²) in [4.78, 5) is 0. The second-order valence-corrected chi connectivity index (χ2v) is 4.92. The number of rotatable bonds is 4. The molecule has 1 N–H and O–H groups in total. The normalized spacial score (nSPS) is 16.2. The summed E-state index contributed by atoms with van der Waals surface area (Å²) in [5.41, 5.74) is 12.3. The average molecular weight is 272 g/mol. The maximum Gasteiger partial charge on any atom is 0.115 e. The van der Waals surface area contributed by atoms with E-state index < -0.39 is 0 Å². The van der Waals surface area contributed by atoms with E-state index in [0.717, 1.165) is 28.7 Å². The highest BCUT2D eigenvalue weighted by molar-refractivity contribution is 5.87. The molecule has 0 atom stereocenters. The lowest BCUT2D eigenvalue weighted by atomic mass is 9.89. The standard InChI is InChI=1S/C20H16O/c1-2-19(15-7-3-4-8-15)20(16-9-5-6-10-16)17-11-13-18(21)14-12-17/h3-7,9,11-14,21H,2H2,1H3/b20-19+. The largest absolute Gasteiger partial charge is 0.508 e. The van der Waals surface area contributed by atoms with E-state index in [0.29, 0.717) is 0 Å². The van der Waals surface area contributed by atoms with E-state index in [1.165, 1.54) is 5.57 Å². The molecule has 0 unspecified atom stereocenters. The molecule has 0 heterocycles. The minimum absolute atomic E-state index is 0.280. The van der Waals surface area contributed by atoms with Gasteiger partial charge in [0.2, 0.25) is 0 Å². The van der Waals surface area contributed by atoms with Crippen LogP contribution in [0, 0.1) is 0 Å². The first-order chi connectivity index (χ1) is 10.3. The van der Waals surface area contributed by atoms with Crippen LogP contribution in [0.3, 0.4) is 0 Å². The highest BCUT2D eigenvalue weighted by Gasteiger charge is 2.15. The van der Waals surface area contributed by atoms with Gasteiger partial charge < -0.3 is 5.11 Å². The summed E-state index contributed by atoms with van der Waals surface area (Å²) in [6, 6.07) is 7.34. The van der Waals surface area contributed by atoms with E-state index in [4.69, 9.17) is 0 Å². The molecule has 0 saturated heterocycles. The molecule has 1 aromatic carbocycles. The molecule has 0 fully saturated rings. The van der Waals surface area contributed by atoms with Crippen LogP contribution in [0.1, 0.15) is 18.9 Å². The Labute approximate surface area is 124 Å². The van der Waals surface area contributed by atoms with Crippen LogP contribution in [0.5, 0.6) is 5.75 Å². The van der Waals surface area contributed by atoms with E-state index in [2.05, 4.69) is 30.5 Å². The highest BCUT2D eigenvalue weighted by atomic mass is 16.3. The van der Waals surface area contributed by atoms with Gasteiger partial charge in [-0.15, -0.1) is 11.5 Å². The maximum absolute atomic E-state index is 9.52. The Bertz CT molecular complexity index is 783. The Balaban J connectivity index is 2.23. The number of hydrogen-bond donors (Lipinski definition) is 1. The number of aromatic hydroxyl groups is 1. The van der Waals surface area contributed by atoms with Crippen molar-refractivity contribution in [1.29, 1.82) is 0 Å². The van der Waals surface area contributed by atoms with Crippen molar-refractivity contribution in [2.45, 2.75) is 13.3 Å². The second-order valence-electron chi connectivity index (χ2n) is 4.92. The molecule has 1 nitrogen and oxygen atoms in total. The van der Waals surface area contributed by atoms with Crippen LogP contribution >= 0.6 is 0 Å². The van der Waals surface area contributed by atoms with Gasteiger partial charge in [0.1, 0.15) is 5.75 Å². The average Bonchev–Trinajstić information content (AvgIpc) is 3.19. The molecule has 0 aliphatic heterocycles. The zero-order valence-corrected chi connectivity index (χ0v) is 11.9. The van der Waals surface area contributed by atoms with Crippen molar-refractivity contribution in [3.8, 4) is 5.75 Å². The van der Waals surface area contributed by atoms with E-state index in [-0.39, 0.29) is 5.75 Å². The van der Waals surface area contributed by atoms with Gasteiger partial charge >= 0.3 is 0 Å². The summed E-state index contributed by atoms with van der Waals surface area (Å²) in [5.74, 6) is 0.280. The smallest absolute Gasteiger partial charge is 0.115 e. The summed E-state index contributed by atoms with van der Waals surface area (Å²) >= 11 is 0. The third-order valence-electron chi connectivity index (χ3n) is 3.60. The molecule has 1 heteroatoms. The maximum atomic E-state index is 9.52. The van der Waals surface area contributed by atoms with Gasteiger partial charge in [0.15, 0.2) is 0 Å². The Morgan fingerprint density at radius 3 is 2.10 bits per heavy atom. The summed E-state index contributed by atoms with van der Waals surface area (Å²) < 4.78 is 0. The molecule has 2 aliphatic carbocycles. The van der Waals surface area contributed by atoms with Crippen LogP contribution in [0.15, 0.2) is 88.9 Å². The predicted octanol–water partition coefficient (Wildman–Crippen LogP) is 4.86. The third-order valence-corrected chi connectivity index (χ3v) is 3.60. The van der Waals surface area contributed by atoms with E-state index in [1.807, 2.05) is 36.4 Å². The molecule has 1 aromatic rings. The van der Waals surface area contributed by atoms with Crippen molar-refractivity contribution in [3.05, 3.63) is 94.5 Å². The summed E-state index contributed by atoms with van der Waals surface area (Å²) in [7, 11) is 0. The van der Waals surface area contributed by atoms with Crippen LogP contribution in [0.2, 0.25) is 0 Å². The first-order valence-electron chi connectivity index (χ1n) is 7.09. The van der Waals surface area contributed by atoms with Gasteiger partial charge in [-0.05, 0) is 54.0 Å². The minimum Gasteiger partial charge on any atom is -0.508 e. The first kappa shape index (κ1) is 13.3. The van der Waals surface area contributed by atoms with Gasteiger partial charge in [-0.1, -0.05) is 31.2 Å².